The van der Waals surface area contributed by atoms with Gasteiger partial charge in [0.05, 0.1) is 18.0 Å². The molecule has 0 bridgehead atoms. The van der Waals surface area contributed by atoms with Crippen molar-refractivity contribution in [2.24, 2.45) is 0 Å². The third-order valence-electron chi connectivity index (χ3n) is 3.25. The number of hydrogen-bond acceptors (Lipinski definition) is 4. The van der Waals surface area contributed by atoms with E-state index in [1.807, 2.05) is 5.38 Å². The third kappa shape index (κ3) is 3.67. The standard InChI is InChI=1S/C12H18ClN3OS/c1-16-4-2-3-10(16)7-14-11(17)5-12-15-9(6-13)8-18-12/h8,10H,2-7H2,1H3,(H,14,17). The van der Waals surface area contributed by atoms with Gasteiger partial charge in [-0.05, 0) is 26.4 Å². The lowest BCUT2D eigenvalue weighted by Crippen LogP contribution is -2.38. The van der Waals surface area contributed by atoms with E-state index in [9.17, 15) is 4.79 Å². The van der Waals surface area contributed by atoms with Gasteiger partial charge in [0.2, 0.25) is 5.91 Å². The Morgan fingerprint density at radius 1 is 1.72 bits per heavy atom. The summed E-state index contributed by atoms with van der Waals surface area (Å²) in [5.74, 6) is 0.455. The number of alkyl halides is 1. The Hall–Kier alpha value is -0.650. The molecular weight excluding hydrogens is 270 g/mol. The molecule has 1 fully saturated rings. The fourth-order valence-corrected chi connectivity index (χ4v) is 3.18. The molecule has 1 aromatic heterocycles. The topological polar surface area (TPSA) is 45.2 Å². The number of likely N-dealkylation sites (tertiary alicyclic amines) is 1. The molecule has 1 aromatic rings. The van der Waals surface area contributed by atoms with Gasteiger partial charge in [0.1, 0.15) is 5.01 Å². The molecule has 1 unspecified atom stereocenters. The number of thiazole rings is 1. The first kappa shape index (κ1) is 13.8. The van der Waals surface area contributed by atoms with Gasteiger partial charge >= 0.3 is 0 Å². The van der Waals surface area contributed by atoms with Gasteiger partial charge in [-0.2, -0.15) is 0 Å². The van der Waals surface area contributed by atoms with Crippen LogP contribution < -0.4 is 5.32 Å². The Morgan fingerprint density at radius 2 is 2.56 bits per heavy atom. The minimum absolute atomic E-state index is 0.0470. The number of hydrogen-bond donors (Lipinski definition) is 1. The summed E-state index contributed by atoms with van der Waals surface area (Å²) < 4.78 is 0. The highest BCUT2D eigenvalue weighted by Gasteiger charge is 2.21. The molecule has 0 saturated carbocycles. The summed E-state index contributed by atoms with van der Waals surface area (Å²) in [5.41, 5.74) is 0.847. The number of carbonyl (C=O) groups excluding carboxylic acids is 1. The number of likely N-dealkylation sites (N-methyl/N-ethyl adjacent to an activating group) is 1. The van der Waals surface area contributed by atoms with Crippen molar-refractivity contribution in [2.75, 3.05) is 20.1 Å². The van der Waals surface area contributed by atoms with Crippen molar-refractivity contribution in [3.63, 3.8) is 0 Å². The molecule has 1 atom stereocenters. The highest BCUT2D eigenvalue weighted by atomic mass is 35.5. The van der Waals surface area contributed by atoms with E-state index in [0.29, 0.717) is 18.3 Å². The van der Waals surface area contributed by atoms with Crippen LogP contribution in [0.2, 0.25) is 0 Å². The summed E-state index contributed by atoms with van der Waals surface area (Å²) >= 11 is 7.17. The van der Waals surface area contributed by atoms with E-state index in [4.69, 9.17) is 11.6 Å². The van der Waals surface area contributed by atoms with E-state index in [-0.39, 0.29) is 5.91 Å². The summed E-state index contributed by atoms with van der Waals surface area (Å²) in [4.78, 5) is 18.4. The molecule has 0 radical (unpaired) electrons. The highest BCUT2D eigenvalue weighted by Crippen LogP contribution is 2.14. The lowest BCUT2D eigenvalue weighted by atomic mass is 10.2. The molecule has 100 valence electrons. The van der Waals surface area contributed by atoms with Crippen molar-refractivity contribution in [3.8, 4) is 0 Å². The number of rotatable bonds is 5. The Morgan fingerprint density at radius 3 is 3.17 bits per heavy atom. The van der Waals surface area contributed by atoms with Crippen LogP contribution in [-0.4, -0.2) is 42.0 Å². The summed E-state index contributed by atoms with van der Waals surface area (Å²) in [6.07, 6.45) is 2.75. The van der Waals surface area contributed by atoms with Gasteiger partial charge in [0.15, 0.2) is 0 Å². The Kier molecular flexibility index (Phi) is 4.97. The smallest absolute Gasteiger partial charge is 0.226 e. The van der Waals surface area contributed by atoms with Crippen LogP contribution in [0.4, 0.5) is 0 Å². The molecular formula is C12H18ClN3OS. The largest absolute Gasteiger partial charge is 0.354 e. The van der Waals surface area contributed by atoms with Crippen molar-refractivity contribution in [3.05, 3.63) is 16.1 Å². The van der Waals surface area contributed by atoms with Crippen molar-refractivity contribution >= 4 is 28.8 Å². The molecule has 1 amide bonds. The van der Waals surface area contributed by atoms with Gasteiger partial charge < -0.3 is 10.2 Å². The zero-order valence-corrected chi connectivity index (χ0v) is 12.1. The monoisotopic (exact) mass is 287 g/mol. The molecule has 4 nitrogen and oxygen atoms in total. The SMILES string of the molecule is CN1CCCC1CNC(=O)Cc1nc(CCl)cs1. The van der Waals surface area contributed by atoms with Crippen LogP contribution in [0.3, 0.4) is 0 Å². The maximum atomic E-state index is 11.8. The molecule has 18 heavy (non-hydrogen) atoms. The Balaban J connectivity index is 1.74. The van der Waals surface area contributed by atoms with E-state index >= 15 is 0 Å². The van der Waals surface area contributed by atoms with Gasteiger partial charge in [-0.25, -0.2) is 4.98 Å². The van der Waals surface area contributed by atoms with Crippen LogP contribution in [0.15, 0.2) is 5.38 Å². The van der Waals surface area contributed by atoms with E-state index < -0.39 is 0 Å². The summed E-state index contributed by atoms with van der Waals surface area (Å²) in [7, 11) is 2.11. The van der Waals surface area contributed by atoms with E-state index in [2.05, 4.69) is 22.2 Å². The highest BCUT2D eigenvalue weighted by molar-refractivity contribution is 7.09. The fourth-order valence-electron chi connectivity index (χ4n) is 2.16. The van der Waals surface area contributed by atoms with Gasteiger partial charge in [-0.3, -0.25) is 4.79 Å². The maximum Gasteiger partial charge on any atom is 0.226 e. The number of amides is 1. The van der Waals surface area contributed by atoms with Gasteiger partial charge in [-0.15, -0.1) is 22.9 Å². The van der Waals surface area contributed by atoms with Gasteiger partial charge in [-0.1, -0.05) is 0 Å². The Labute approximate surface area is 116 Å². The molecule has 1 aliphatic rings. The zero-order chi connectivity index (χ0) is 13.0. The number of nitrogens with one attached hydrogen (secondary N) is 1. The first-order chi connectivity index (χ1) is 8.69. The zero-order valence-electron chi connectivity index (χ0n) is 10.5. The van der Waals surface area contributed by atoms with Gasteiger partial charge in [0, 0.05) is 18.0 Å². The normalized spacial score (nSPS) is 20.2. The molecule has 0 aromatic carbocycles. The number of nitrogens with zero attached hydrogens (tertiary/aromatic N) is 2. The summed E-state index contributed by atoms with van der Waals surface area (Å²) in [6.45, 7) is 1.87. The van der Waals surface area contributed by atoms with E-state index in [1.54, 1.807) is 0 Å². The molecule has 1 saturated heterocycles. The minimum atomic E-state index is 0.0470. The quantitative estimate of drug-likeness (QED) is 0.838. The predicted molar refractivity (Wildman–Crippen MR) is 74.0 cm³/mol. The minimum Gasteiger partial charge on any atom is -0.354 e. The molecule has 2 heterocycles. The van der Waals surface area contributed by atoms with Crippen molar-refractivity contribution in [1.29, 1.82) is 0 Å². The van der Waals surface area contributed by atoms with Crippen LogP contribution in [-0.2, 0) is 17.1 Å². The molecule has 6 heteroatoms. The molecule has 0 spiro atoms. The van der Waals surface area contributed by atoms with Crippen LogP contribution >= 0.6 is 22.9 Å². The van der Waals surface area contributed by atoms with Crippen LogP contribution in [0.5, 0.6) is 0 Å². The second-order valence-electron chi connectivity index (χ2n) is 4.62. The molecule has 0 aliphatic carbocycles. The second-order valence-corrected chi connectivity index (χ2v) is 5.83. The van der Waals surface area contributed by atoms with E-state index in [0.717, 1.165) is 23.8 Å². The van der Waals surface area contributed by atoms with Crippen molar-refractivity contribution < 1.29 is 4.79 Å². The van der Waals surface area contributed by atoms with Crippen LogP contribution in [0, 0.1) is 0 Å². The first-order valence-corrected chi connectivity index (χ1v) is 7.56. The van der Waals surface area contributed by atoms with Crippen molar-refractivity contribution in [1.82, 2.24) is 15.2 Å². The average Bonchev–Trinajstić information content (AvgIpc) is 2.96. The molecule has 2 rings (SSSR count). The molecule has 1 aliphatic heterocycles. The lowest BCUT2D eigenvalue weighted by molar-refractivity contribution is -0.120. The molecule has 1 N–H and O–H groups in total. The van der Waals surface area contributed by atoms with Gasteiger partial charge in [0.25, 0.3) is 0 Å². The average molecular weight is 288 g/mol. The van der Waals surface area contributed by atoms with E-state index in [1.165, 1.54) is 24.2 Å². The van der Waals surface area contributed by atoms with Crippen molar-refractivity contribution in [2.45, 2.75) is 31.2 Å². The van der Waals surface area contributed by atoms with Crippen LogP contribution in [0.25, 0.3) is 0 Å². The fraction of sp³-hybridized carbons (Fsp3) is 0.667. The number of carbonyl (C=O) groups is 1. The van der Waals surface area contributed by atoms with Crippen LogP contribution in [0.1, 0.15) is 23.5 Å². The third-order valence-corrected chi connectivity index (χ3v) is 4.43. The second kappa shape index (κ2) is 6.50. The lowest BCUT2D eigenvalue weighted by Gasteiger charge is -2.19. The number of halogens is 1. The Bertz CT molecular complexity index is 410. The predicted octanol–water partition coefficient (Wildman–Crippen LogP) is 1.63. The number of aromatic nitrogens is 1. The summed E-state index contributed by atoms with van der Waals surface area (Å²) in [5, 5.41) is 5.72. The summed E-state index contributed by atoms with van der Waals surface area (Å²) in [6, 6.07) is 0.489. The first-order valence-electron chi connectivity index (χ1n) is 6.15. The maximum absolute atomic E-state index is 11.8.